The van der Waals surface area contributed by atoms with Crippen LogP contribution < -0.4 is 0 Å². The molecule has 1 aliphatic rings. The predicted molar refractivity (Wildman–Crippen MR) is 67.5 cm³/mol. The Morgan fingerprint density at radius 1 is 1.47 bits per heavy atom. The van der Waals surface area contributed by atoms with Crippen molar-refractivity contribution in [1.29, 1.82) is 0 Å². The van der Waals surface area contributed by atoms with Gasteiger partial charge < -0.3 is 10.0 Å². The molecule has 1 N–H and O–H groups in total. The maximum Gasteiger partial charge on any atom is 0.0682 e. The first kappa shape index (κ1) is 13.3. The number of thioether (sulfide) groups is 1. The molecule has 3 nitrogen and oxygen atoms in total. The van der Waals surface area contributed by atoms with Crippen molar-refractivity contribution in [2.24, 2.45) is 0 Å². The van der Waals surface area contributed by atoms with Gasteiger partial charge in [0.2, 0.25) is 0 Å². The Morgan fingerprint density at radius 3 is 2.80 bits per heavy atom. The molecular weight excluding hydrogens is 208 g/mol. The van der Waals surface area contributed by atoms with Gasteiger partial charge in [-0.3, -0.25) is 4.90 Å². The molecular formula is C11H24N2OS. The SMILES string of the molecule is CSCCCN1CC(O)CC1CN(C)C. The van der Waals surface area contributed by atoms with Crippen LogP contribution in [-0.2, 0) is 0 Å². The van der Waals surface area contributed by atoms with E-state index < -0.39 is 0 Å². The van der Waals surface area contributed by atoms with Crippen molar-refractivity contribution in [2.45, 2.75) is 25.0 Å². The summed E-state index contributed by atoms with van der Waals surface area (Å²) in [5.74, 6) is 1.22. The van der Waals surface area contributed by atoms with E-state index >= 15 is 0 Å². The number of hydrogen-bond acceptors (Lipinski definition) is 4. The Labute approximate surface area is 97.8 Å². The van der Waals surface area contributed by atoms with Crippen molar-refractivity contribution >= 4 is 11.8 Å². The highest BCUT2D eigenvalue weighted by Gasteiger charge is 2.30. The van der Waals surface area contributed by atoms with Gasteiger partial charge in [0.05, 0.1) is 6.10 Å². The predicted octanol–water partition coefficient (Wildman–Crippen LogP) is 0.736. The second-order valence-electron chi connectivity index (χ2n) is 4.65. The number of aliphatic hydroxyl groups is 1. The molecule has 1 fully saturated rings. The molecule has 2 unspecified atom stereocenters. The Hall–Kier alpha value is 0.230. The largest absolute Gasteiger partial charge is 0.392 e. The molecule has 0 aliphatic carbocycles. The van der Waals surface area contributed by atoms with Crippen molar-refractivity contribution in [1.82, 2.24) is 9.80 Å². The van der Waals surface area contributed by atoms with Crippen LogP contribution in [0.2, 0.25) is 0 Å². The van der Waals surface area contributed by atoms with Crippen LogP contribution in [-0.4, -0.2) is 72.8 Å². The van der Waals surface area contributed by atoms with Gasteiger partial charge in [-0.15, -0.1) is 0 Å². The zero-order valence-corrected chi connectivity index (χ0v) is 11.0. The molecule has 15 heavy (non-hydrogen) atoms. The summed E-state index contributed by atoms with van der Waals surface area (Å²) in [6.07, 6.45) is 4.22. The van der Waals surface area contributed by atoms with E-state index in [9.17, 15) is 5.11 Å². The molecule has 1 aliphatic heterocycles. The summed E-state index contributed by atoms with van der Waals surface area (Å²) in [6.45, 7) is 3.07. The van der Waals surface area contributed by atoms with Gasteiger partial charge in [-0.2, -0.15) is 11.8 Å². The van der Waals surface area contributed by atoms with Crippen molar-refractivity contribution < 1.29 is 5.11 Å². The summed E-state index contributed by atoms with van der Waals surface area (Å²) in [4.78, 5) is 4.66. The third-order valence-electron chi connectivity index (χ3n) is 2.88. The molecule has 2 atom stereocenters. The summed E-state index contributed by atoms with van der Waals surface area (Å²) in [6, 6.07) is 0.553. The quantitative estimate of drug-likeness (QED) is 0.683. The topological polar surface area (TPSA) is 26.7 Å². The first-order valence-corrected chi connectivity index (χ1v) is 7.08. The molecule has 1 rings (SSSR count). The van der Waals surface area contributed by atoms with Crippen LogP contribution in [0.3, 0.4) is 0 Å². The highest BCUT2D eigenvalue weighted by atomic mass is 32.2. The molecule has 0 aromatic heterocycles. The van der Waals surface area contributed by atoms with Crippen molar-refractivity contribution in [3.05, 3.63) is 0 Å². The van der Waals surface area contributed by atoms with Crippen molar-refractivity contribution in [2.75, 3.05) is 45.7 Å². The lowest BCUT2D eigenvalue weighted by molar-refractivity contribution is 0.173. The lowest BCUT2D eigenvalue weighted by atomic mass is 10.2. The fourth-order valence-corrected chi connectivity index (χ4v) is 2.67. The first-order chi connectivity index (χ1) is 7.13. The zero-order valence-electron chi connectivity index (χ0n) is 10.1. The number of likely N-dealkylation sites (N-methyl/N-ethyl adjacent to an activating group) is 1. The van der Waals surface area contributed by atoms with Crippen LogP contribution in [0.1, 0.15) is 12.8 Å². The van der Waals surface area contributed by atoms with Gasteiger partial charge >= 0.3 is 0 Å². The van der Waals surface area contributed by atoms with E-state index in [2.05, 4.69) is 30.2 Å². The van der Waals surface area contributed by atoms with Crippen molar-refractivity contribution in [3.8, 4) is 0 Å². The molecule has 0 aromatic rings. The average Bonchev–Trinajstić information content (AvgIpc) is 2.46. The maximum absolute atomic E-state index is 9.67. The van der Waals surface area contributed by atoms with E-state index in [1.54, 1.807) is 0 Å². The normalized spacial score (nSPS) is 27.8. The van der Waals surface area contributed by atoms with Gasteiger partial charge in [0, 0.05) is 19.1 Å². The third kappa shape index (κ3) is 4.72. The van der Waals surface area contributed by atoms with E-state index in [1.165, 1.54) is 12.2 Å². The van der Waals surface area contributed by atoms with Gasteiger partial charge in [-0.1, -0.05) is 0 Å². The number of hydrogen-bond donors (Lipinski definition) is 1. The van der Waals surface area contributed by atoms with Crippen LogP contribution >= 0.6 is 11.8 Å². The second kappa shape index (κ2) is 6.74. The molecule has 0 radical (unpaired) electrons. The smallest absolute Gasteiger partial charge is 0.0682 e. The molecule has 4 heteroatoms. The summed E-state index contributed by atoms with van der Waals surface area (Å²) in [5.41, 5.74) is 0. The molecule has 0 amide bonds. The molecule has 1 heterocycles. The monoisotopic (exact) mass is 232 g/mol. The standard InChI is InChI=1S/C11H24N2OS/c1-12(2)8-10-7-11(14)9-13(10)5-4-6-15-3/h10-11,14H,4-9H2,1-3H3. The fraction of sp³-hybridized carbons (Fsp3) is 1.00. The minimum atomic E-state index is -0.107. The van der Waals surface area contributed by atoms with Crippen LogP contribution in [0.5, 0.6) is 0 Å². The highest BCUT2D eigenvalue weighted by Crippen LogP contribution is 2.18. The minimum Gasteiger partial charge on any atom is -0.392 e. The van der Waals surface area contributed by atoms with E-state index in [0.717, 1.165) is 26.1 Å². The minimum absolute atomic E-state index is 0.107. The molecule has 1 saturated heterocycles. The summed E-state index contributed by atoms with van der Waals surface area (Å²) in [7, 11) is 4.20. The number of nitrogens with zero attached hydrogens (tertiary/aromatic N) is 2. The Bertz CT molecular complexity index is 178. The van der Waals surface area contributed by atoms with Gasteiger partial charge in [0.15, 0.2) is 0 Å². The fourth-order valence-electron chi connectivity index (χ4n) is 2.25. The zero-order chi connectivity index (χ0) is 11.3. The number of likely N-dealkylation sites (tertiary alicyclic amines) is 1. The number of rotatable bonds is 6. The molecule has 90 valence electrons. The lowest BCUT2D eigenvalue weighted by Gasteiger charge is -2.26. The van der Waals surface area contributed by atoms with Crippen LogP contribution in [0, 0.1) is 0 Å². The Morgan fingerprint density at radius 2 is 2.20 bits per heavy atom. The van der Waals surface area contributed by atoms with Gasteiger partial charge in [0.1, 0.15) is 0 Å². The van der Waals surface area contributed by atoms with E-state index in [1.807, 2.05) is 11.8 Å². The van der Waals surface area contributed by atoms with E-state index in [-0.39, 0.29) is 6.10 Å². The van der Waals surface area contributed by atoms with Crippen LogP contribution in [0.4, 0.5) is 0 Å². The second-order valence-corrected chi connectivity index (χ2v) is 5.63. The van der Waals surface area contributed by atoms with E-state index in [0.29, 0.717) is 6.04 Å². The molecule has 0 bridgehead atoms. The summed E-state index contributed by atoms with van der Waals surface area (Å²) in [5, 5.41) is 9.67. The summed E-state index contributed by atoms with van der Waals surface area (Å²) >= 11 is 1.90. The summed E-state index contributed by atoms with van der Waals surface area (Å²) < 4.78 is 0. The molecule has 0 spiro atoms. The van der Waals surface area contributed by atoms with Gasteiger partial charge in [0.25, 0.3) is 0 Å². The van der Waals surface area contributed by atoms with Gasteiger partial charge in [-0.25, -0.2) is 0 Å². The average molecular weight is 232 g/mol. The number of aliphatic hydroxyl groups excluding tert-OH is 1. The Kier molecular flexibility index (Phi) is 5.97. The molecule has 0 aromatic carbocycles. The first-order valence-electron chi connectivity index (χ1n) is 5.69. The molecule has 0 saturated carbocycles. The third-order valence-corrected chi connectivity index (χ3v) is 3.57. The van der Waals surface area contributed by atoms with Crippen molar-refractivity contribution in [3.63, 3.8) is 0 Å². The Balaban J connectivity index is 2.31. The highest BCUT2D eigenvalue weighted by molar-refractivity contribution is 7.98. The van der Waals surface area contributed by atoms with Gasteiger partial charge in [-0.05, 0) is 45.5 Å². The maximum atomic E-state index is 9.67. The van der Waals surface area contributed by atoms with Crippen LogP contribution in [0.25, 0.3) is 0 Å². The lowest BCUT2D eigenvalue weighted by Crippen LogP contribution is -2.38. The number of β-amino-alcohol motifs (C(OH)–C–C–N with tert-alkyl or cyclic N) is 1. The van der Waals surface area contributed by atoms with E-state index in [4.69, 9.17) is 0 Å². The van der Waals surface area contributed by atoms with Crippen LogP contribution in [0.15, 0.2) is 0 Å².